The maximum atomic E-state index is 5.01. The summed E-state index contributed by atoms with van der Waals surface area (Å²) in [6.07, 6.45) is 9.74. The van der Waals surface area contributed by atoms with Crippen LogP contribution in [0.15, 0.2) is 85.1 Å². The summed E-state index contributed by atoms with van der Waals surface area (Å²) in [5.41, 5.74) is 11.0. The normalized spacial score (nSPS) is 17.6. The van der Waals surface area contributed by atoms with Crippen LogP contribution in [0.3, 0.4) is 0 Å². The van der Waals surface area contributed by atoms with Crippen LogP contribution in [0.25, 0.3) is 39.3 Å². The molecule has 233 valence electrons. The Morgan fingerprint density at radius 2 is 1.64 bits per heavy atom. The van der Waals surface area contributed by atoms with E-state index in [1.165, 1.54) is 48.0 Å². The summed E-state index contributed by atoms with van der Waals surface area (Å²) in [6.45, 7) is 13.6. The number of hydrogen-bond acceptors (Lipinski definition) is 3. The summed E-state index contributed by atoms with van der Waals surface area (Å²) in [7, 11) is 0. The molecule has 1 aliphatic carbocycles. The van der Waals surface area contributed by atoms with Crippen LogP contribution in [0.2, 0.25) is 0 Å². The van der Waals surface area contributed by atoms with Gasteiger partial charge in [-0.2, -0.15) is 0 Å². The topological polar surface area (TPSA) is 34.0 Å². The number of anilines is 1. The van der Waals surface area contributed by atoms with Gasteiger partial charge in [0.25, 0.3) is 0 Å². The number of para-hydroxylation sites is 1. The summed E-state index contributed by atoms with van der Waals surface area (Å²) < 4.78 is 2.42. The van der Waals surface area contributed by atoms with E-state index in [9.17, 15) is 0 Å². The third kappa shape index (κ3) is 5.28. The van der Waals surface area contributed by atoms with E-state index in [0.29, 0.717) is 12.0 Å². The van der Waals surface area contributed by atoms with Crippen molar-refractivity contribution < 1.29 is 20.1 Å². The van der Waals surface area contributed by atoms with Crippen LogP contribution in [-0.4, -0.2) is 20.6 Å². The van der Waals surface area contributed by atoms with Crippen molar-refractivity contribution in [2.24, 2.45) is 5.92 Å². The second kappa shape index (κ2) is 12.0. The van der Waals surface area contributed by atoms with E-state index in [2.05, 4.69) is 123 Å². The van der Waals surface area contributed by atoms with Crippen molar-refractivity contribution in [1.29, 1.82) is 0 Å². The Morgan fingerprint density at radius 3 is 2.38 bits per heavy atom. The molecule has 0 atom stereocenters. The molecule has 1 fully saturated rings. The van der Waals surface area contributed by atoms with E-state index in [4.69, 9.17) is 4.98 Å². The molecular formula is C40H42IrN4-2. The van der Waals surface area contributed by atoms with E-state index in [1.807, 2.05) is 30.5 Å². The van der Waals surface area contributed by atoms with Crippen LogP contribution in [-0.2, 0) is 31.2 Å². The zero-order valence-corrected chi connectivity index (χ0v) is 29.6. The molecule has 0 spiro atoms. The Labute approximate surface area is 282 Å². The molecule has 1 saturated carbocycles. The summed E-state index contributed by atoms with van der Waals surface area (Å²) in [6, 6.07) is 32.3. The van der Waals surface area contributed by atoms with Crippen LogP contribution in [0.5, 0.6) is 0 Å². The number of rotatable bonds is 3. The Hall–Kier alpha value is -3.53. The van der Waals surface area contributed by atoms with Crippen molar-refractivity contribution in [3.05, 3.63) is 108 Å². The molecule has 5 aromatic rings. The number of hydrogen-bond donors (Lipinski definition) is 0. The van der Waals surface area contributed by atoms with Crippen molar-refractivity contribution in [2.75, 3.05) is 4.90 Å². The summed E-state index contributed by atoms with van der Waals surface area (Å²) in [5.74, 6) is 1.73. The zero-order valence-electron chi connectivity index (χ0n) is 27.2. The average molecular weight is 771 g/mol. The molecule has 0 unspecified atom stereocenters. The third-order valence-corrected chi connectivity index (χ3v) is 9.73. The van der Waals surface area contributed by atoms with Gasteiger partial charge in [0.1, 0.15) is 0 Å². The van der Waals surface area contributed by atoms with Gasteiger partial charge in [-0.05, 0) is 84.1 Å². The molecule has 3 aromatic carbocycles. The van der Waals surface area contributed by atoms with E-state index < -0.39 is 0 Å². The van der Waals surface area contributed by atoms with Gasteiger partial charge in [-0.25, -0.2) is 0 Å². The van der Waals surface area contributed by atoms with E-state index >= 15 is 0 Å². The van der Waals surface area contributed by atoms with Gasteiger partial charge in [0.05, 0.1) is 22.4 Å². The van der Waals surface area contributed by atoms with Crippen LogP contribution < -0.4 is 4.90 Å². The van der Waals surface area contributed by atoms with E-state index in [1.54, 1.807) is 5.57 Å². The predicted octanol–water partition coefficient (Wildman–Crippen LogP) is 9.84. The maximum Gasteiger partial charge on any atom is 0.0777 e. The van der Waals surface area contributed by atoms with Gasteiger partial charge in [-0.3, -0.25) is 4.98 Å². The summed E-state index contributed by atoms with van der Waals surface area (Å²) in [4.78, 5) is 12.0. The minimum atomic E-state index is -0.0833. The van der Waals surface area contributed by atoms with Gasteiger partial charge < -0.3 is 14.5 Å². The number of benzene rings is 3. The van der Waals surface area contributed by atoms with Gasteiger partial charge in [-0.15, -0.1) is 71.3 Å². The van der Waals surface area contributed by atoms with Gasteiger partial charge >= 0.3 is 0 Å². The molecule has 4 heterocycles. The monoisotopic (exact) mass is 771 g/mol. The Kier molecular flexibility index (Phi) is 8.39. The third-order valence-electron chi connectivity index (χ3n) is 9.73. The van der Waals surface area contributed by atoms with Crippen LogP contribution >= 0.6 is 0 Å². The Bertz CT molecular complexity index is 1860. The maximum absolute atomic E-state index is 5.01. The summed E-state index contributed by atoms with van der Waals surface area (Å²) in [5, 5.41) is 0. The smallest absolute Gasteiger partial charge is 0.0777 e. The van der Waals surface area contributed by atoms with Gasteiger partial charge in [0, 0.05) is 54.8 Å². The summed E-state index contributed by atoms with van der Waals surface area (Å²) >= 11 is 0. The molecule has 8 rings (SSSR count). The number of nitrogens with zero attached hydrogens (tertiary/aromatic N) is 4. The van der Waals surface area contributed by atoms with E-state index in [-0.39, 0.29) is 31.2 Å². The molecule has 2 aromatic heterocycles. The molecule has 2 aliphatic heterocycles. The first-order valence-corrected chi connectivity index (χ1v) is 16.2. The molecule has 0 N–H and O–H groups in total. The molecule has 0 bridgehead atoms. The fourth-order valence-electron chi connectivity index (χ4n) is 8.01. The second-order valence-corrected chi connectivity index (χ2v) is 13.8. The van der Waals surface area contributed by atoms with Crippen LogP contribution in [0, 0.1) is 18.1 Å². The number of fused-ring (bicyclic) bond motifs is 3. The number of aromatic nitrogens is 3. The predicted molar refractivity (Wildman–Crippen MR) is 182 cm³/mol. The molecule has 1 radical (unpaired) electrons. The van der Waals surface area contributed by atoms with Gasteiger partial charge in [-0.1, -0.05) is 31.1 Å². The number of allylic oxidation sites excluding steroid dienone is 2. The molecule has 45 heavy (non-hydrogen) atoms. The standard InChI is InChI=1S/C23H23N2.C17H19N2.Ir/c1-23(2)15-19(16-9-6-7-10-16)18-13-8-14-20-21(18)25(23)22(24-20)17-11-4-3-5-12-17;1-12(2)19-15-10-7-11-18-16(15)13-8-5-6-9-14(13)17(19,3)4;/h3-5,8,11,13-16H,6-7,9-10H2,1-2H3;5-7,9-12H,1-4H3;/q2*-1;. The molecule has 3 aliphatic rings. The largest absolute Gasteiger partial charge is 0.374 e. The first-order chi connectivity index (χ1) is 21.2. The minimum absolute atomic E-state index is 0. The van der Waals surface area contributed by atoms with Crippen LogP contribution in [0.4, 0.5) is 5.69 Å². The minimum Gasteiger partial charge on any atom is -0.374 e. The zero-order chi connectivity index (χ0) is 30.6. The first kappa shape index (κ1) is 31.5. The first-order valence-electron chi connectivity index (χ1n) is 16.2. The van der Waals surface area contributed by atoms with E-state index in [0.717, 1.165) is 28.2 Å². The molecule has 5 heteroatoms. The van der Waals surface area contributed by atoms with Crippen molar-refractivity contribution in [3.8, 4) is 22.6 Å². The fraction of sp³-hybridized carbons (Fsp3) is 0.350. The molecular weight excluding hydrogens is 729 g/mol. The molecule has 0 amide bonds. The van der Waals surface area contributed by atoms with Crippen molar-refractivity contribution >= 4 is 22.3 Å². The average Bonchev–Trinajstić information content (AvgIpc) is 3.70. The Morgan fingerprint density at radius 1 is 0.867 bits per heavy atom. The SMILES string of the molecule is CC(C)N1c2cccnc2-c2[c-]cccc2C1(C)C.CC1(C)C=C(C2CCCC2)c2cccc3nc(-c4[c-]cccc4)n1c23.[Ir]. The molecule has 0 saturated heterocycles. The Balaban J connectivity index is 0.000000161. The van der Waals surface area contributed by atoms with Crippen molar-refractivity contribution in [2.45, 2.75) is 84.3 Å². The fourth-order valence-corrected chi connectivity index (χ4v) is 8.01. The van der Waals surface area contributed by atoms with Crippen LogP contribution in [0.1, 0.15) is 78.4 Å². The number of pyridine rings is 1. The molecule has 4 nitrogen and oxygen atoms in total. The quantitative estimate of drug-likeness (QED) is 0.172. The number of imidazole rings is 1. The second-order valence-electron chi connectivity index (χ2n) is 13.8. The van der Waals surface area contributed by atoms with Crippen molar-refractivity contribution in [1.82, 2.24) is 14.5 Å². The van der Waals surface area contributed by atoms with Crippen molar-refractivity contribution in [3.63, 3.8) is 0 Å². The van der Waals surface area contributed by atoms with Gasteiger partial charge in [0.15, 0.2) is 0 Å². The van der Waals surface area contributed by atoms with Gasteiger partial charge in [0.2, 0.25) is 0 Å².